The average Bonchev–Trinajstić information content (AvgIpc) is 2.56. The Balaban J connectivity index is 2.20. The molecule has 0 heterocycles. The maximum Gasteiger partial charge on any atom is 0.260 e. The number of hydrogen-bond donors (Lipinski definition) is 2. The molecule has 112 valence electrons. The molecule has 0 spiro atoms. The summed E-state index contributed by atoms with van der Waals surface area (Å²) in [7, 11) is 0. The van der Waals surface area contributed by atoms with Gasteiger partial charge in [0.1, 0.15) is 5.76 Å². The summed E-state index contributed by atoms with van der Waals surface area (Å²) in [5.74, 6) is -0.864. The van der Waals surface area contributed by atoms with Crippen molar-refractivity contribution in [1.82, 2.24) is 0 Å². The molecule has 0 bridgehead atoms. The van der Waals surface area contributed by atoms with Gasteiger partial charge in [0, 0.05) is 11.9 Å². The fraction of sp³-hybridized carbons (Fsp3) is 0.0588. The van der Waals surface area contributed by atoms with E-state index in [1.54, 1.807) is 36.4 Å². The summed E-state index contributed by atoms with van der Waals surface area (Å²) >= 11 is 5.63. The maximum absolute atomic E-state index is 12.3. The molecule has 0 aromatic heterocycles. The van der Waals surface area contributed by atoms with Gasteiger partial charge in [-0.2, -0.15) is 0 Å². The third kappa shape index (κ3) is 4.46. The first kappa shape index (κ1) is 15.8. The van der Waals surface area contributed by atoms with Gasteiger partial charge in [-0.3, -0.25) is 9.79 Å². The van der Waals surface area contributed by atoms with E-state index in [-0.39, 0.29) is 17.2 Å². The Labute approximate surface area is 133 Å². The van der Waals surface area contributed by atoms with Crippen molar-refractivity contribution in [3.8, 4) is 0 Å². The smallest absolute Gasteiger partial charge is 0.260 e. The van der Waals surface area contributed by atoms with Gasteiger partial charge in [0.15, 0.2) is 0 Å². The number of nitrogens with one attached hydrogen (secondary N) is 1. The molecule has 2 N–H and O–H groups in total. The number of aliphatic hydroxyl groups excluding tert-OH is 1. The van der Waals surface area contributed by atoms with Crippen molar-refractivity contribution in [3.05, 3.63) is 72.0 Å². The fourth-order valence-corrected chi connectivity index (χ4v) is 1.85. The highest BCUT2D eigenvalue weighted by molar-refractivity contribution is 6.23. The number of hydrogen-bond acceptors (Lipinski definition) is 3. The zero-order valence-corrected chi connectivity index (χ0v) is 12.5. The topological polar surface area (TPSA) is 61.7 Å². The lowest BCUT2D eigenvalue weighted by atomic mass is 10.2. The lowest BCUT2D eigenvalue weighted by Crippen LogP contribution is -2.17. The van der Waals surface area contributed by atoms with Crippen LogP contribution in [0.5, 0.6) is 0 Å². The van der Waals surface area contributed by atoms with Crippen molar-refractivity contribution in [2.75, 3.05) is 11.2 Å². The van der Waals surface area contributed by atoms with Crippen LogP contribution in [0.1, 0.15) is 0 Å². The van der Waals surface area contributed by atoms with E-state index in [0.717, 1.165) is 0 Å². The van der Waals surface area contributed by atoms with Gasteiger partial charge in [-0.15, -0.1) is 11.6 Å². The molecule has 22 heavy (non-hydrogen) atoms. The number of para-hydroxylation sites is 2. The molecule has 4 nitrogen and oxygen atoms in total. The standard InChI is InChI=1S/C17H15ClN2O2/c18-11-16(21)15(12-19-13-7-3-1-4-8-13)17(22)20-14-9-5-2-6-10-14/h1-10,12,21H,11H2,(H,20,22)/b16-15+,19-12?. The number of benzene rings is 2. The Bertz CT molecular complexity index is 682. The summed E-state index contributed by atoms with van der Waals surface area (Å²) < 4.78 is 0. The second kappa shape index (κ2) is 8.00. The molecule has 2 rings (SSSR count). The van der Waals surface area contributed by atoms with Gasteiger partial charge in [0.05, 0.1) is 17.1 Å². The van der Waals surface area contributed by atoms with Gasteiger partial charge in [-0.05, 0) is 24.3 Å². The van der Waals surface area contributed by atoms with Gasteiger partial charge >= 0.3 is 0 Å². The minimum absolute atomic E-state index is 0.0303. The SMILES string of the molecule is O=C(Nc1ccccc1)/C(C=Nc1ccccc1)=C(/O)CCl. The van der Waals surface area contributed by atoms with E-state index in [0.29, 0.717) is 11.4 Å². The second-order valence-electron chi connectivity index (χ2n) is 4.41. The van der Waals surface area contributed by atoms with Gasteiger partial charge in [0.25, 0.3) is 5.91 Å². The van der Waals surface area contributed by atoms with Crippen LogP contribution in [0.4, 0.5) is 11.4 Å². The van der Waals surface area contributed by atoms with Crippen LogP contribution in [-0.4, -0.2) is 23.1 Å². The highest BCUT2D eigenvalue weighted by Gasteiger charge is 2.13. The Morgan fingerprint density at radius 1 is 1.09 bits per heavy atom. The predicted molar refractivity (Wildman–Crippen MR) is 90.0 cm³/mol. The third-order valence-corrected chi connectivity index (χ3v) is 3.07. The zero-order valence-electron chi connectivity index (χ0n) is 11.7. The molecule has 1 amide bonds. The Morgan fingerprint density at radius 2 is 1.68 bits per heavy atom. The summed E-state index contributed by atoms with van der Waals surface area (Å²) in [6, 6.07) is 18.1. The van der Waals surface area contributed by atoms with E-state index in [1.807, 2.05) is 24.3 Å². The van der Waals surface area contributed by atoms with Crippen LogP contribution >= 0.6 is 11.6 Å². The number of halogens is 1. The molecule has 0 unspecified atom stereocenters. The lowest BCUT2D eigenvalue weighted by Gasteiger charge is -2.07. The zero-order chi connectivity index (χ0) is 15.8. The fourth-order valence-electron chi connectivity index (χ4n) is 1.71. The van der Waals surface area contributed by atoms with E-state index in [4.69, 9.17) is 11.6 Å². The van der Waals surface area contributed by atoms with Crippen molar-refractivity contribution in [2.45, 2.75) is 0 Å². The van der Waals surface area contributed by atoms with E-state index in [2.05, 4.69) is 10.3 Å². The van der Waals surface area contributed by atoms with Crippen molar-refractivity contribution in [1.29, 1.82) is 0 Å². The van der Waals surface area contributed by atoms with Crippen molar-refractivity contribution in [3.63, 3.8) is 0 Å². The van der Waals surface area contributed by atoms with E-state index >= 15 is 0 Å². The molecular weight excluding hydrogens is 300 g/mol. The highest BCUT2D eigenvalue weighted by atomic mass is 35.5. The first-order valence-electron chi connectivity index (χ1n) is 6.64. The van der Waals surface area contributed by atoms with Crippen LogP contribution in [0.3, 0.4) is 0 Å². The number of allylic oxidation sites excluding steroid dienone is 1. The summed E-state index contributed by atoms with van der Waals surface area (Å²) in [6.45, 7) is 0. The van der Waals surface area contributed by atoms with E-state index in [9.17, 15) is 9.90 Å². The van der Waals surface area contributed by atoms with Crippen LogP contribution in [0, 0.1) is 0 Å². The molecule has 0 aliphatic carbocycles. The minimum Gasteiger partial charge on any atom is -0.510 e. The molecule has 5 heteroatoms. The number of aliphatic imine (C=N–C) groups is 1. The molecule has 2 aromatic rings. The average molecular weight is 315 g/mol. The minimum atomic E-state index is -0.468. The first-order valence-corrected chi connectivity index (χ1v) is 7.17. The Morgan fingerprint density at radius 3 is 2.27 bits per heavy atom. The number of aliphatic hydroxyl groups is 1. The van der Waals surface area contributed by atoms with Gasteiger partial charge in [0.2, 0.25) is 0 Å². The molecule has 0 saturated heterocycles. The Kier molecular flexibility index (Phi) is 5.74. The molecule has 0 saturated carbocycles. The summed E-state index contributed by atoms with van der Waals surface area (Å²) in [5.41, 5.74) is 1.33. The molecule has 0 fully saturated rings. The molecule has 0 aliphatic heterocycles. The molecule has 2 aromatic carbocycles. The summed E-state index contributed by atoms with van der Waals surface area (Å²) in [5, 5.41) is 12.5. The monoisotopic (exact) mass is 314 g/mol. The van der Waals surface area contributed by atoms with Gasteiger partial charge in [-0.1, -0.05) is 36.4 Å². The highest BCUT2D eigenvalue weighted by Crippen LogP contribution is 2.13. The third-order valence-electron chi connectivity index (χ3n) is 2.81. The number of alkyl halides is 1. The largest absolute Gasteiger partial charge is 0.510 e. The van der Waals surface area contributed by atoms with Crippen molar-refractivity contribution < 1.29 is 9.90 Å². The van der Waals surface area contributed by atoms with Crippen molar-refractivity contribution >= 4 is 35.1 Å². The van der Waals surface area contributed by atoms with Crippen LogP contribution in [0.15, 0.2) is 77.0 Å². The predicted octanol–water partition coefficient (Wildman–Crippen LogP) is 4.08. The van der Waals surface area contributed by atoms with Crippen LogP contribution in [0.2, 0.25) is 0 Å². The number of amides is 1. The molecule has 0 atom stereocenters. The number of anilines is 1. The number of nitrogens with zero attached hydrogens (tertiary/aromatic N) is 1. The lowest BCUT2D eigenvalue weighted by molar-refractivity contribution is -0.112. The molecule has 0 aliphatic rings. The number of rotatable bonds is 5. The second-order valence-corrected chi connectivity index (χ2v) is 4.68. The maximum atomic E-state index is 12.3. The normalized spacial score (nSPS) is 12.0. The van der Waals surface area contributed by atoms with Crippen LogP contribution < -0.4 is 5.32 Å². The Hall–Kier alpha value is -2.59. The van der Waals surface area contributed by atoms with Gasteiger partial charge < -0.3 is 10.4 Å². The molecule has 0 radical (unpaired) electrons. The quantitative estimate of drug-likeness (QED) is 0.378. The summed E-state index contributed by atoms with van der Waals surface area (Å²) in [6.07, 6.45) is 1.31. The first-order chi connectivity index (χ1) is 10.7. The van der Waals surface area contributed by atoms with Crippen LogP contribution in [-0.2, 0) is 4.79 Å². The number of carbonyl (C=O) groups is 1. The van der Waals surface area contributed by atoms with Crippen molar-refractivity contribution in [2.24, 2.45) is 4.99 Å². The summed E-state index contributed by atoms with van der Waals surface area (Å²) in [4.78, 5) is 16.4. The molecular formula is C17H15ClN2O2. The van der Waals surface area contributed by atoms with E-state index < -0.39 is 5.91 Å². The van der Waals surface area contributed by atoms with Crippen LogP contribution in [0.25, 0.3) is 0 Å². The van der Waals surface area contributed by atoms with E-state index in [1.165, 1.54) is 6.21 Å². The van der Waals surface area contributed by atoms with Gasteiger partial charge in [-0.25, -0.2) is 0 Å². The number of carbonyl (C=O) groups excluding carboxylic acids is 1.